The molecule has 0 spiro atoms. The normalized spacial score (nSPS) is 18.2. The molecule has 116 valence electrons. The Morgan fingerprint density at radius 1 is 1.36 bits per heavy atom. The molecular weight excluding hydrogens is 294 g/mol. The smallest absolute Gasteiger partial charge is 0.263 e. The molecule has 3 rings (SSSR count). The van der Waals surface area contributed by atoms with Crippen molar-refractivity contribution in [2.24, 2.45) is 5.92 Å². The number of nitrogens with zero attached hydrogens (tertiary/aromatic N) is 1. The summed E-state index contributed by atoms with van der Waals surface area (Å²) in [5, 5.41) is 1.95. The maximum atomic E-state index is 12.4. The van der Waals surface area contributed by atoms with E-state index in [0.717, 1.165) is 36.6 Å². The lowest BCUT2D eigenvalue weighted by molar-refractivity contribution is 0.0638. The Kier molecular flexibility index (Phi) is 4.78. The number of likely N-dealkylation sites (tertiary alicyclic amines) is 1. The van der Waals surface area contributed by atoms with Crippen molar-refractivity contribution in [2.75, 3.05) is 19.7 Å². The van der Waals surface area contributed by atoms with Crippen LogP contribution in [-0.4, -0.2) is 30.5 Å². The van der Waals surface area contributed by atoms with Gasteiger partial charge in [0.1, 0.15) is 5.75 Å². The summed E-state index contributed by atoms with van der Waals surface area (Å²) in [5.41, 5.74) is 1.20. The fourth-order valence-corrected chi connectivity index (χ4v) is 3.55. The van der Waals surface area contributed by atoms with Gasteiger partial charge in [-0.1, -0.05) is 18.2 Å². The first-order chi connectivity index (χ1) is 10.7. The van der Waals surface area contributed by atoms with Crippen molar-refractivity contribution in [1.29, 1.82) is 0 Å². The summed E-state index contributed by atoms with van der Waals surface area (Å²) in [4.78, 5) is 15.2. The largest absolute Gasteiger partial charge is 0.493 e. The zero-order valence-corrected chi connectivity index (χ0v) is 13.6. The zero-order valence-electron chi connectivity index (χ0n) is 12.8. The van der Waals surface area contributed by atoms with E-state index in [1.54, 1.807) is 0 Å². The highest BCUT2D eigenvalue weighted by Crippen LogP contribution is 2.22. The van der Waals surface area contributed by atoms with E-state index in [4.69, 9.17) is 4.74 Å². The van der Waals surface area contributed by atoms with E-state index in [2.05, 4.69) is 19.1 Å². The highest BCUT2D eigenvalue weighted by molar-refractivity contribution is 7.12. The predicted molar refractivity (Wildman–Crippen MR) is 89.6 cm³/mol. The Balaban J connectivity index is 1.55. The monoisotopic (exact) mass is 315 g/mol. The second kappa shape index (κ2) is 6.97. The van der Waals surface area contributed by atoms with Crippen LogP contribution in [0.5, 0.6) is 5.75 Å². The van der Waals surface area contributed by atoms with Crippen LogP contribution in [0.3, 0.4) is 0 Å². The van der Waals surface area contributed by atoms with Gasteiger partial charge in [-0.05, 0) is 48.9 Å². The molecule has 4 heteroatoms. The van der Waals surface area contributed by atoms with Gasteiger partial charge in [-0.25, -0.2) is 0 Å². The van der Waals surface area contributed by atoms with E-state index < -0.39 is 0 Å². The molecule has 22 heavy (non-hydrogen) atoms. The van der Waals surface area contributed by atoms with Crippen molar-refractivity contribution in [3.8, 4) is 5.75 Å². The van der Waals surface area contributed by atoms with E-state index in [9.17, 15) is 4.79 Å². The van der Waals surface area contributed by atoms with Gasteiger partial charge in [-0.3, -0.25) is 4.79 Å². The number of thiophene rings is 1. The van der Waals surface area contributed by atoms with Gasteiger partial charge in [0, 0.05) is 19.0 Å². The van der Waals surface area contributed by atoms with Crippen molar-refractivity contribution in [1.82, 2.24) is 4.90 Å². The minimum Gasteiger partial charge on any atom is -0.493 e. The molecule has 0 saturated carbocycles. The fourth-order valence-electron chi connectivity index (χ4n) is 2.86. The Morgan fingerprint density at radius 3 is 3.05 bits per heavy atom. The molecule has 2 heterocycles. The van der Waals surface area contributed by atoms with Gasteiger partial charge in [0.05, 0.1) is 11.5 Å². The number of rotatable bonds is 4. The number of amides is 1. The molecule has 1 aliphatic rings. The third-order valence-electron chi connectivity index (χ3n) is 4.01. The molecule has 1 amide bonds. The lowest BCUT2D eigenvalue weighted by Gasteiger charge is -2.32. The highest BCUT2D eigenvalue weighted by Gasteiger charge is 2.25. The van der Waals surface area contributed by atoms with Gasteiger partial charge in [0.15, 0.2) is 0 Å². The standard InChI is InChI=1S/C18H21NO2S/c1-14-5-2-7-16(11-14)21-13-15-6-3-9-19(12-15)18(20)17-8-4-10-22-17/h2,4-5,7-8,10-11,15H,3,6,9,12-13H2,1H3. The number of carbonyl (C=O) groups is 1. The minimum atomic E-state index is 0.162. The fraction of sp³-hybridized carbons (Fsp3) is 0.389. The first-order valence-corrected chi connectivity index (χ1v) is 8.62. The number of piperidine rings is 1. The van der Waals surface area contributed by atoms with Gasteiger partial charge in [0.25, 0.3) is 5.91 Å². The average Bonchev–Trinajstić information content (AvgIpc) is 3.07. The number of benzene rings is 1. The summed E-state index contributed by atoms with van der Waals surface area (Å²) in [5.74, 6) is 1.50. The van der Waals surface area contributed by atoms with Crippen molar-refractivity contribution in [3.05, 3.63) is 52.2 Å². The summed E-state index contributed by atoms with van der Waals surface area (Å²) >= 11 is 1.52. The summed E-state index contributed by atoms with van der Waals surface area (Å²) < 4.78 is 5.91. The van der Waals surface area contributed by atoms with E-state index in [1.807, 2.05) is 34.5 Å². The lowest BCUT2D eigenvalue weighted by atomic mass is 9.99. The molecule has 1 atom stereocenters. The van der Waals surface area contributed by atoms with Crippen LogP contribution < -0.4 is 4.74 Å². The summed E-state index contributed by atoms with van der Waals surface area (Å²) in [7, 11) is 0. The maximum Gasteiger partial charge on any atom is 0.263 e. The topological polar surface area (TPSA) is 29.5 Å². The molecular formula is C18H21NO2S. The van der Waals surface area contributed by atoms with Crippen LogP contribution >= 0.6 is 11.3 Å². The molecule has 1 saturated heterocycles. The van der Waals surface area contributed by atoms with Crippen LogP contribution in [-0.2, 0) is 0 Å². The van der Waals surface area contributed by atoms with Crippen molar-refractivity contribution in [3.63, 3.8) is 0 Å². The van der Waals surface area contributed by atoms with Crippen LogP contribution in [0, 0.1) is 12.8 Å². The second-order valence-corrected chi connectivity index (χ2v) is 6.81. The van der Waals surface area contributed by atoms with Gasteiger partial charge in [-0.15, -0.1) is 11.3 Å². The molecule has 0 bridgehead atoms. The number of ether oxygens (including phenoxy) is 1. The van der Waals surface area contributed by atoms with Crippen LogP contribution in [0.25, 0.3) is 0 Å². The third-order valence-corrected chi connectivity index (χ3v) is 4.87. The molecule has 1 aliphatic heterocycles. The molecule has 0 aliphatic carbocycles. The predicted octanol–water partition coefficient (Wildman–Crippen LogP) is 3.99. The quantitative estimate of drug-likeness (QED) is 0.854. The number of hydrogen-bond donors (Lipinski definition) is 0. The van der Waals surface area contributed by atoms with Crippen LogP contribution in [0.2, 0.25) is 0 Å². The Hall–Kier alpha value is -1.81. The first-order valence-electron chi connectivity index (χ1n) is 7.74. The van der Waals surface area contributed by atoms with E-state index in [-0.39, 0.29) is 5.91 Å². The number of carbonyl (C=O) groups excluding carboxylic acids is 1. The SMILES string of the molecule is Cc1cccc(OCC2CCCN(C(=O)c3cccs3)C2)c1. The molecule has 2 aromatic rings. The summed E-state index contributed by atoms with van der Waals surface area (Å²) in [6.45, 7) is 4.40. The Morgan fingerprint density at radius 2 is 2.27 bits per heavy atom. The minimum absolute atomic E-state index is 0.162. The molecule has 1 aromatic heterocycles. The first kappa shape index (κ1) is 15.1. The summed E-state index contributed by atoms with van der Waals surface area (Å²) in [6, 6.07) is 12.0. The number of aryl methyl sites for hydroxylation is 1. The second-order valence-electron chi connectivity index (χ2n) is 5.86. The van der Waals surface area contributed by atoms with Gasteiger partial charge in [0.2, 0.25) is 0 Å². The third kappa shape index (κ3) is 3.69. The Bertz CT molecular complexity index is 624. The Labute approximate surface area is 135 Å². The van der Waals surface area contributed by atoms with Crippen molar-refractivity contribution in [2.45, 2.75) is 19.8 Å². The van der Waals surface area contributed by atoms with Gasteiger partial charge >= 0.3 is 0 Å². The van der Waals surface area contributed by atoms with Gasteiger partial charge in [-0.2, -0.15) is 0 Å². The van der Waals surface area contributed by atoms with Crippen LogP contribution in [0.4, 0.5) is 0 Å². The van der Waals surface area contributed by atoms with Crippen LogP contribution in [0.15, 0.2) is 41.8 Å². The number of hydrogen-bond acceptors (Lipinski definition) is 3. The van der Waals surface area contributed by atoms with Crippen molar-refractivity contribution >= 4 is 17.2 Å². The lowest BCUT2D eigenvalue weighted by Crippen LogP contribution is -2.41. The highest BCUT2D eigenvalue weighted by atomic mass is 32.1. The van der Waals surface area contributed by atoms with E-state index in [0.29, 0.717) is 12.5 Å². The molecule has 0 radical (unpaired) electrons. The molecule has 0 N–H and O–H groups in total. The van der Waals surface area contributed by atoms with Gasteiger partial charge < -0.3 is 9.64 Å². The molecule has 1 aromatic carbocycles. The average molecular weight is 315 g/mol. The summed E-state index contributed by atoms with van der Waals surface area (Å²) in [6.07, 6.45) is 2.18. The van der Waals surface area contributed by atoms with E-state index in [1.165, 1.54) is 16.9 Å². The molecule has 1 fully saturated rings. The zero-order chi connectivity index (χ0) is 15.4. The van der Waals surface area contributed by atoms with Crippen LogP contribution in [0.1, 0.15) is 28.1 Å². The molecule has 3 nitrogen and oxygen atoms in total. The molecule has 1 unspecified atom stereocenters. The van der Waals surface area contributed by atoms with E-state index >= 15 is 0 Å². The van der Waals surface area contributed by atoms with Crippen molar-refractivity contribution < 1.29 is 9.53 Å². The maximum absolute atomic E-state index is 12.4.